The van der Waals surface area contributed by atoms with Crippen molar-refractivity contribution in [3.8, 4) is 5.75 Å². The molecule has 2 heterocycles. The Labute approximate surface area is 223 Å². The molecule has 13 nitrogen and oxygen atoms in total. The molecule has 0 radical (unpaired) electrons. The summed E-state index contributed by atoms with van der Waals surface area (Å²) in [7, 11) is 1.16. The summed E-state index contributed by atoms with van der Waals surface area (Å²) in [6.07, 6.45) is -7.85. The number of rotatable bonds is 7. The zero-order valence-electron chi connectivity index (χ0n) is 21.1. The highest BCUT2D eigenvalue weighted by Gasteiger charge is 2.59. The number of methoxy groups -OCH3 is 1. The summed E-state index contributed by atoms with van der Waals surface area (Å²) >= 11 is 0. The summed E-state index contributed by atoms with van der Waals surface area (Å²) in [6.45, 7) is 0.968. The molecule has 0 spiro atoms. The van der Waals surface area contributed by atoms with Crippen LogP contribution in [0.2, 0.25) is 0 Å². The van der Waals surface area contributed by atoms with Crippen molar-refractivity contribution in [1.82, 2.24) is 0 Å². The molecule has 1 aliphatic carbocycles. The molecule has 0 bridgehead atoms. The second kappa shape index (κ2) is 12.0. The first-order valence-electron chi connectivity index (χ1n) is 12.3. The maximum atomic E-state index is 12.7. The van der Waals surface area contributed by atoms with Gasteiger partial charge >= 0.3 is 11.9 Å². The van der Waals surface area contributed by atoms with E-state index in [1.54, 1.807) is 19.1 Å². The first-order chi connectivity index (χ1) is 18.6. The molecule has 4 rings (SSSR count). The van der Waals surface area contributed by atoms with Crippen molar-refractivity contribution < 1.29 is 63.9 Å². The minimum atomic E-state index is -1.71. The SMILES string of the molecule is COC(=O)C1=CO[C@@H](O[C@@H]2O[C@H](CO)[C@@H](O)[C@H](O)[C@H]2O)[C@@H]2[C@@H](C)[C@@H](O)[C@@H](OC(=O)/C=C/c3ccc(O)cc3)[C@H]12. The van der Waals surface area contributed by atoms with E-state index in [1.807, 2.05) is 0 Å². The number of esters is 2. The molecule has 0 aromatic heterocycles. The van der Waals surface area contributed by atoms with Crippen LogP contribution in [-0.2, 0) is 33.3 Å². The molecular formula is C26H32O13. The Hall–Kier alpha value is -3.04. The Balaban J connectivity index is 1.56. The third kappa shape index (κ3) is 5.79. The molecule has 214 valence electrons. The van der Waals surface area contributed by atoms with Gasteiger partial charge in [-0.25, -0.2) is 9.59 Å². The Bertz CT molecular complexity index is 1080. The summed E-state index contributed by atoms with van der Waals surface area (Å²) in [5.41, 5.74) is 0.594. The average Bonchev–Trinajstić information content (AvgIpc) is 3.18. The molecule has 1 aromatic carbocycles. The van der Waals surface area contributed by atoms with Crippen molar-refractivity contribution in [2.45, 2.75) is 56.1 Å². The highest BCUT2D eigenvalue weighted by molar-refractivity contribution is 5.90. The molecule has 2 fully saturated rings. The third-order valence-electron chi connectivity index (χ3n) is 7.35. The number of phenols is 1. The minimum absolute atomic E-state index is 0.0140. The molecule has 1 aromatic rings. The quantitative estimate of drug-likeness (QED) is 0.174. The smallest absolute Gasteiger partial charge is 0.337 e. The van der Waals surface area contributed by atoms with Gasteiger partial charge in [-0.3, -0.25) is 0 Å². The fraction of sp³-hybridized carbons (Fsp3) is 0.538. The highest BCUT2D eigenvalue weighted by atomic mass is 16.8. The van der Waals surface area contributed by atoms with Crippen LogP contribution in [0.1, 0.15) is 12.5 Å². The van der Waals surface area contributed by atoms with Gasteiger partial charge in [0.2, 0.25) is 6.29 Å². The van der Waals surface area contributed by atoms with Crippen LogP contribution in [0.4, 0.5) is 0 Å². The van der Waals surface area contributed by atoms with Crippen LogP contribution in [0, 0.1) is 17.8 Å². The topological polar surface area (TPSA) is 202 Å². The van der Waals surface area contributed by atoms with E-state index in [4.69, 9.17) is 23.7 Å². The molecule has 1 saturated heterocycles. The lowest BCUT2D eigenvalue weighted by Gasteiger charge is -2.43. The van der Waals surface area contributed by atoms with Gasteiger partial charge < -0.3 is 54.3 Å². The first-order valence-corrected chi connectivity index (χ1v) is 12.3. The molecule has 6 N–H and O–H groups in total. The maximum Gasteiger partial charge on any atom is 0.337 e. The molecule has 3 aliphatic rings. The van der Waals surface area contributed by atoms with Gasteiger partial charge in [-0.2, -0.15) is 0 Å². The van der Waals surface area contributed by atoms with Gasteiger partial charge in [0.1, 0.15) is 36.3 Å². The van der Waals surface area contributed by atoms with E-state index in [1.165, 1.54) is 18.2 Å². The fourth-order valence-corrected chi connectivity index (χ4v) is 5.20. The monoisotopic (exact) mass is 552 g/mol. The normalized spacial score (nSPS) is 38.0. The lowest BCUT2D eigenvalue weighted by molar-refractivity contribution is -0.343. The van der Waals surface area contributed by atoms with E-state index in [-0.39, 0.29) is 11.3 Å². The largest absolute Gasteiger partial charge is 0.508 e. The van der Waals surface area contributed by atoms with Gasteiger partial charge in [-0.1, -0.05) is 19.1 Å². The van der Waals surface area contributed by atoms with E-state index in [2.05, 4.69) is 0 Å². The second-order valence-electron chi connectivity index (χ2n) is 9.68. The number of carbonyl (C=O) groups is 2. The number of aliphatic hydroxyl groups is 5. The van der Waals surface area contributed by atoms with Crippen LogP contribution in [0.5, 0.6) is 5.75 Å². The zero-order valence-corrected chi connectivity index (χ0v) is 21.1. The standard InChI is InChI=1S/C26H32O13/c1-11-17-18(23(19(11)30)38-16(29)8-5-12-3-6-13(28)7-4-12)14(24(34)35-2)10-36-25(17)39-26-22(33)21(32)20(31)15(9-27)37-26/h3-8,10-11,15,17-23,25-28,30-33H,9H2,1-2H3/b8-5+/t11-,15-,17-,18-,19-,20-,21+,22-,23+,25+,26+/m1/s1. The van der Waals surface area contributed by atoms with Crippen molar-refractivity contribution >= 4 is 18.0 Å². The average molecular weight is 553 g/mol. The van der Waals surface area contributed by atoms with E-state index in [0.29, 0.717) is 5.56 Å². The Morgan fingerprint density at radius 1 is 1.00 bits per heavy atom. The first kappa shape index (κ1) is 29.0. The summed E-state index contributed by atoms with van der Waals surface area (Å²) in [6, 6.07) is 6.06. The van der Waals surface area contributed by atoms with Crippen molar-refractivity contribution in [2.75, 3.05) is 13.7 Å². The van der Waals surface area contributed by atoms with Crippen molar-refractivity contribution in [3.63, 3.8) is 0 Å². The minimum Gasteiger partial charge on any atom is -0.508 e. The molecule has 0 amide bonds. The van der Waals surface area contributed by atoms with Gasteiger partial charge in [0.25, 0.3) is 0 Å². The molecule has 11 atom stereocenters. The Morgan fingerprint density at radius 3 is 2.33 bits per heavy atom. The molecule has 39 heavy (non-hydrogen) atoms. The van der Waals surface area contributed by atoms with Gasteiger partial charge in [0.05, 0.1) is 31.7 Å². The number of benzene rings is 1. The summed E-state index contributed by atoms with van der Waals surface area (Å²) in [4.78, 5) is 25.3. The van der Waals surface area contributed by atoms with E-state index < -0.39 is 85.5 Å². The lowest BCUT2D eigenvalue weighted by atomic mass is 9.82. The number of aliphatic hydroxyl groups excluding tert-OH is 5. The van der Waals surface area contributed by atoms with Crippen LogP contribution in [0.3, 0.4) is 0 Å². The number of hydrogen-bond acceptors (Lipinski definition) is 13. The number of hydrogen-bond donors (Lipinski definition) is 6. The predicted octanol–water partition coefficient (Wildman–Crippen LogP) is -1.21. The van der Waals surface area contributed by atoms with Crippen molar-refractivity contribution in [2.24, 2.45) is 17.8 Å². The van der Waals surface area contributed by atoms with Crippen LogP contribution in [0.15, 0.2) is 42.2 Å². The fourth-order valence-electron chi connectivity index (χ4n) is 5.20. The van der Waals surface area contributed by atoms with Crippen molar-refractivity contribution in [1.29, 1.82) is 0 Å². The zero-order chi connectivity index (χ0) is 28.4. The number of fused-ring (bicyclic) bond motifs is 1. The van der Waals surface area contributed by atoms with Crippen LogP contribution >= 0.6 is 0 Å². The molecule has 2 aliphatic heterocycles. The molecule has 1 saturated carbocycles. The number of aromatic hydroxyl groups is 1. The second-order valence-corrected chi connectivity index (χ2v) is 9.68. The van der Waals surface area contributed by atoms with Crippen molar-refractivity contribution in [3.05, 3.63) is 47.7 Å². The summed E-state index contributed by atoms with van der Waals surface area (Å²) in [5, 5.41) is 60.5. The van der Waals surface area contributed by atoms with Gasteiger partial charge in [0, 0.05) is 17.9 Å². The number of phenolic OH excluding ortho intramolecular Hbond substituents is 1. The number of ether oxygens (including phenoxy) is 5. The Kier molecular flexibility index (Phi) is 8.91. The predicted molar refractivity (Wildman–Crippen MR) is 129 cm³/mol. The highest BCUT2D eigenvalue weighted by Crippen LogP contribution is 2.49. The van der Waals surface area contributed by atoms with Gasteiger partial charge in [-0.15, -0.1) is 0 Å². The molecule has 13 heteroatoms. The van der Waals surface area contributed by atoms with E-state index >= 15 is 0 Å². The van der Waals surface area contributed by atoms with E-state index in [9.17, 15) is 40.2 Å². The maximum absolute atomic E-state index is 12.7. The number of carbonyl (C=O) groups excluding carboxylic acids is 2. The van der Waals surface area contributed by atoms with Gasteiger partial charge in [-0.05, 0) is 29.7 Å². The van der Waals surface area contributed by atoms with Crippen LogP contribution in [-0.4, -0.2) is 105 Å². The molecule has 0 unspecified atom stereocenters. The molecular weight excluding hydrogens is 520 g/mol. The third-order valence-corrected chi connectivity index (χ3v) is 7.35. The Morgan fingerprint density at radius 2 is 1.69 bits per heavy atom. The van der Waals surface area contributed by atoms with Crippen LogP contribution < -0.4 is 0 Å². The van der Waals surface area contributed by atoms with Crippen LogP contribution in [0.25, 0.3) is 6.08 Å². The lowest BCUT2D eigenvalue weighted by Crippen LogP contribution is -2.60. The van der Waals surface area contributed by atoms with E-state index in [0.717, 1.165) is 19.4 Å². The summed E-state index contributed by atoms with van der Waals surface area (Å²) in [5.74, 6) is -3.95. The van der Waals surface area contributed by atoms with Gasteiger partial charge in [0.15, 0.2) is 6.29 Å². The summed E-state index contributed by atoms with van der Waals surface area (Å²) < 4.78 is 27.3.